The number of nitrogens with one attached hydrogen (secondary N) is 1. The fourth-order valence-corrected chi connectivity index (χ4v) is 3.24. The van der Waals surface area contributed by atoms with Crippen LogP contribution in [0.15, 0.2) is 83.8 Å². The minimum absolute atomic E-state index is 0.235. The molecular formula is C25H20ClN3O4. The number of nitrogens with zero attached hydrogens (tertiary/aromatic N) is 2. The summed E-state index contributed by atoms with van der Waals surface area (Å²) in [5.74, 6) is 0.938. The van der Waals surface area contributed by atoms with Gasteiger partial charge in [0.2, 0.25) is 5.43 Å². The molecule has 8 heteroatoms. The molecule has 0 radical (unpaired) electrons. The fourth-order valence-electron chi connectivity index (χ4n) is 3.12. The standard InChI is InChI=1S/C25H20ClN3O4/c1-16-15-29(18-12-10-17(26)11-13-18)28-23(24(16)30)25(31)27-21-8-3-4-9-22(21)33-20-7-5-6-19(14-20)32-2/h3-15H,1-2H3,(H,27,31). The third-order valence-corrected chi connectivity index (χ3v) is 5.06. The Kier molecular flexibility index (Phi) is 6.42. The molecule has 0 fully saturated rings. The number of carbonyl (C=O) groups is 1. The van der Waals surface area contributed by atoms with E-state index in [1.165, 1.54) is 4.68 Å². The van der Waals surface area contributed by atoms with E-state index in [-0.39, 0.29) is 5.69 Å². The molecule has 1 aromatic heterocycles. The number of benzene rings is 3. The zero-order valence-corrected chi connectivity index (χ0v) is 18.7. The highest BCUT2D eigenvalue weighted by Crippen LogP contribution is 2.31. The third-order valence-electron chi connectivity index (χ3n) is 4.81. The number of hydrogen-bond donors (Lipinski definition) is 1. The zero-order chi connectivity index (χ0) is 23.4. The number of methoxy groups -OCH3 is 1. The van der Waals surface area contributed by atoms with Crippen LogP contribution in [0.25, 0.3) is 5.69 Å². The van der Waals surface area contributed by atoms with Gasteiger partial charge in [-0.3, -0.25) is 9.59 Å². The van der Waals surface area contributed by atoms with Gasteiger partial charge in [0.25, 0.3) is 5.91 Å². The second kappa shape index (κ2) is 9.58. The van der Waals surface area contributed by atoms with Crippen molar-refractivity contribution in [2.45, 2.75) is 6.92 Å². The molecule has 0 spiro atoms. The minimum atomic E-state index is -0.645. The van der Waals surface area contributed by atoms with Crippen LogP contribution in [0.4, 0.5) is 5.69 Å². The Bertz CT molecular complexity index is 1370. The highest BCUT2D eigenvalue weighted by atomic mass is 35.5. The largest absolute Gasteiger partial charge is 0.497 e. The summed E-state index contributed by atoms with van der Waals surface area (Å²) in [5, 5.41) is 7.57. The second-order valence-electron chi connectivity index (χ2n) is 7.14. The molecule has 1 N–H and O–H groups in total. The lowest BCUT2D eigenvalue weighted by atomic mass is 10.2. The number of anilines is 1. The number of aromatic nitrogens is 2. The molecule has 7 nitrogen and oxygen atoms in total. The maximum absolute atomic E-state index is 13.0. The van der Waals surface area contributed by atoms with Crippen molar-refractivity contribution in [3.05, 3.63) is 105 Å². The van der Waals surface area contributed by atoms with E-state index in [1.807, 2.05) is 0 Å². The first-order valence-electron chi connectivity index (χ1n) is 10.0. The van der Waals surface area contributed by atoms with E-state index in [9.17, 15) is 9.59 Å². The van der Waals surface area contributed by atoms with Crippen molar-refractivity contribution in [2.75, 3.05) is 12.4 Å². The van der Waals surface area contributed by atoms with E-state index in [2.05, 4.69) is 10.4 Å². The molecule has 1 heterocycles. The smallest absolute Gasteiger partial charge is 0.280 e. The topological polar surface area (TPSA) is 82.4 Å². The molecule has 0 atom stereocenters. The Hall–Kier alpha value is -4.10. The lowest BCUT2D eigenvalue weighted by molar-refractivity contribution is 0.101. The first-order chi connectivity index (χ1) is 15.9. The average Bonchev–Trinajstić information content (AvgIpc) is 2.82. The van der Waals surface area contributed by atoms with Crippen LogP contribution in [-0.4, -0.2) is 22.8 Å². The van der Waals surface area contributed by atoms with Gasteiger partial charge < -0.3 is 14.8 Å². The van der Waals surface area contributed by atoms with Gasteiger partial charge in [-0.15, -0.1) is 0 Å². The van der Waals surface area contributed by atoms with Crippen LogP contribution in [0.2, 0.25) is 5.02 Å². The molecule has 0 unspecified atom stereocenters. The van der Waals surface area contributed by atoms with Gasteiger partial charge >= 0.3 is 0 Å². The van der Waals surface area contributed by atoms with Crippen LogP contribution >= 0.6 is 11.6 Å². The molecule has 166 valence electrons. The number of halogens is 1. The predicted molar refractivity (Wildman–Crippen MR) is 127 cm³/mol. The first-order valence-corrected chi connectivity index (χ1v) is 10.4. The van der Waals surface area contributed by atoms with Crippen molar-refractivity contribution in [2.24, 2.45) is 0 Å². The minimum Gasteiger partial charge on any atom is -0.497 e. The van der Waals surface area contributed by atoms with Gasteiger partial charge in [0.05, 0.1) is 18.5 Å². The lowest BCUT2D eigenvalue weighted by Crippen LogP contribution is -2.27. The summed E-state index contributed by atoms with van der Waals surface area (Å²) in [7, 11) is 1.57. The van der Waals surface area contributed by atoms with Crippen LogP contribution in [0, 0.1) is 6.92 Å². The van der Waals surface area contributed by atoms with Crippen LogP contribution in [0.3, 0.4) is 0 Å². The Balaban J connectivity index is 1.64. The summed E-state index contributed by atoms with van der Waals surface area (Å²) in [6.45, 7) is 1.63. The number of aryl methyl sites for hydroxylation is 1. The maximum Gasteiger partial charge on any atom is 0.280 e. The molecule has 0 aliphatic carbocycles. The van der Waals surface area contributed by atoms with Gasteiger partial charge in [-0.2, -0.15) is 5.10 Å². The van der Waals surface area contributed by atoms with Crippen molar-refractivity contribution < 1.29 is 14.3 Å². The van der Waals surface area contributed by atoms with E-state index < -0.39 is 11.3 Å². The van der Waals surface area contributed by atoms with Gasteiger partial charge in [-0.05, 0) is 55.5 Å². The number of amides is 1. The number of carbonyl (C=O) groups excluding carboxylic acids is 1. The third kappa shape index (κ3) is 5.05. The monoisotopic (exact) mass is 461 g/mol. The summed E-state index contributed by atoms with van der Waals surface area (Å²) in [4.78, 5) is 25.7. The fraction of sp³-hybridized carbons (Fsp3) is 0.0800. The molecule has 0 saturated heterocycles. The number of para-hydroxylation sites is 2. The molecule has 4 aromatic rings. The molecule has 0 aliphatic heterocycles. The summed E-state index contributed by atoms with van der Waals surface area (Å²) >= 11 is 5.95. The molecule has 33 heavy (non-hydrogen) atoms. The predicted octanol–water partition coefficient (Wildman–Crippen LogP) is 5.25. The first kappa shape index (κ1) is 22.1. The number of rotatable bonds is 6. The number of ether oxygens (including phenoxy) is 2. The van der Waals surface area contributed by atoms with Crippen molar-refractivity contribution in [3.63, 3.8) is 0 Å². The molecular weight excluding hydrogens is 442 g/mol. The maximum atomic E-state index is 13.0. The van der Waals surface area contributed by atoms with E-state index in [4.69, 9.17) is 21.1 Å². The van der Waals surface area contributed by atoms with E-state index >= 15 is 0 Å². The summed E-state index contributed by atoms with van der Waals surface area (Å²) in [6.07, 6.45) is 1.57. The number of hydrogen-bond acceptors (Lipinski definition) is 5. The molecule has 0 saturated carbocycles. The quantitative estimate of drug-likeness (QED) is 0.424. The normalized spacial score (nSPS) is 10.5. The van der Waals surface area contributed by atoms with Gasteiger partial charge in [0, 0.05) is 22.8 Å². The SMILES string of the molecule is COc1cccc(Oc2ccccc2NC(=O)c2nn(-c3ccc(Cl)cc3)cc(C)c2=O)c1. The Morgan fingerprint density at radius 3 is 2.48 bits per heavy atom. The summed E-state index contributed by atoms with van der Waals surface area (Å²) in [6, 6.07) is 20.9. The van der Waals surface area contributed by atoms with Gasteiger partial charge in [-0.1, -0.05) is 29.8 Å². The highest BCUT2D eigenvalue weighted by molar-refractivity contribution is 6.30. The molecule has 1 amide bonds. The van der Waals surface area contributed by atoms with Crippen molar-refractivity contribution in [1.29, 1.82) is 0 Å². The lowest BCUT2D eigenvalue weighted by Gasteiger charge is -2.13. The van der Waals surface area contributed by atoms with Crippen LogP contribution in [0.1, 0.15) is 16.1 Å². The van der Waals surface area contributed by atoms with Crippen molar-refractivity contribution in [3.8, 4) is 22.9 Å². The zero-order valence-electron chi connectivity index (χ0n) is 17.9. The highest BCUT2D eigenvalue weighted by Gasteiger charge is 2.18. The molecule has 3 aromatic carbocycles. The molecule has 0 aliphatic rings. The Morgan fingerprint density at radius 1 is 1.00 bits per heavy atom. The summed E-state index contributed by atoms with van der Waals surface area (Å²) < 4.78 is 12.6. The Labute approximate surface area is 195 Å². The van der Waals surface area contributed by atoms with Crippen molar-refractivity contribution >= 4 is 23.2 Å². The van der Waals surface area contributed by atoms with Crippen LogP contribution in [0.5, 0.6) is 17.2 Å². The van der Waals surface area contributed by atoms with E-state index in [1.54, 1.807) is 93.0 Å². The second-order valence-corrected chi connectivity index (χ2v) is 7.58. The Morgan fingerprint density at radius 2 is 1.73 bits per heavy atom. The molecule has 0 bridgehead atoms. The average molecular weight is 462 g/mol. The van der Waals surface area contributed by atoms with E-state index in [0.29, 0.717) is 39.2 Å². The van der Waals surface area contributed by atoms with Gasteiger partial charge in [-0.25, -0.2) is 4.68 Å². The van der Waals surface area contributed by atoms with Gasteiger partial charge in [0.1, 0.15) is 11.5 Å². The van der Waals surface area contributed by atoms with Crippen molar-refractivity contribution in [1.82, 2.24) is 9.78 Å². The van der Waals surface area contributed by atoms with Crippen LogP contribution < -0.4 is 20.2 Å². The van der Waals surface area contributed by atoms with Crippen LogP contribution in [-0.2, 0) is 0 Å². The molecule has 4 rings (SSSR count). The van der Waals surface area contributed by atoms with E-state index in [0.717, 1.165) is 0 Å². The van der Waals surface area contributed by atoms with Gasteiger partial charge in [0.15, 0.2) is 11.4 Å². The summed E-state index contributed by atoms with van der Waals surface area (Å²) in [5.41, 5.74) is 0.750.